The van der Waals surface area contributed by atoms with Crippen LogP contribution < -0.4 is 5.32 Å². The van der Waals surface area contributed by atoms with E-state index < -0.39 is 17.8 Å². The Balaban J connectivity index is 1.72. The first-order chi connectivity index (χ1) is 9.45. The second-order valence-corrected chi connectivity index (χ2v) is 4.27. The van der Waals surface area contributed by atoms with E-state index in [1.54, 1.807) is 0 Å². The van der Waals surface area contributed by atoms with Crippen molar-refractivity contribution in [2.45, 2.75) is 25.1 Å². The maximum atomic E-state index is 12.2. The van der Waals surface area contributed by atoms with Gasteiger partial charge in [-0.15, -0.1) is 0 Å². The molecule has 1 fully saturated rings. The Bertz CT molecular complexity index is 455. The third-order valence-corrected chi connectivity index (χ3v) is 2.62. The molecule has 9 heteroatoms. The van der Waals surface area contributed by atoms with Gasteiger partial charge in [0.15, 0.2) is 5.69 Å². The highest BCUT2D eigenvalue weighted by Gasteiger charge is 2.35. The number of halogens is 3. The summed E-state index contributed by atoms with van der Waals surface area (Å²) in [7, 11) is 0. The van der Waals surface area contributed by atoms with Crippen molar-refractivity contribution < 1.29 is 32.0 Å². The average Bonchev–Trinajstić information content (AvgIpc) is 2.98. The number of carbonyl (C=O) groups is 1. The topological polar surface area (TPSA) is 73.6 Å². The van der Waals surface area contributed by atoms with Crippen LogP contribution in [-0.2, 0) is 20.4 Å². The minimum atomic E-state index is -4.61. The zero-order valence-corrected chi connectivity index (χ0v) is 10.4. The van der Waals surface area contributed by atoms with Crippen LogP contribution in [0.3, 0.4) is 0 Å². The van der Waals surface area contributed by atoms with Crippen LogP contribution in [0.2, 0.25) is 0 Å². The van der Waals surface area contributed by atoms with Gasteiger partial charge in [-0.25, -0.2) is 0 Å². The molecule has 0 saturated carbocycles. The molecule has 0 radical (unpaired) electrons. The van der Waals surface area contributed by atoms with E-state index in [-0.39, 0.29) is 25.2 Å². The van der Waals surface area contributed by atoms with Crippen molar-refractivity contribution in [2.24, 2.45) is 0 Å². The minimum Gasteiger partial charge on any atom is -0.376 e. The maximum absolute atomic E-state index is 12.2. The van der Waals surface area contributed by atoms with E-state index in [9.17, 15) is 18.0 Å². The van der Waals surface area contributed by atoms with Gasteiger partial charge in [-0.3, -0.25) is 10.1 Å². The minimum absolute atomic E-state index is 0.0232. The van der Waals surface area contributed by atoms with Crippen LogP contribution in [0.4, 0.5) is 19.1 Å². The SMILES string of the molecule is O=C(COCC1CCCO1)Nc1cc(C(F)(F)F)no1. The fourth-order valence-corrected chi connectivity index (χ4v) is 1.70. The number of anilines is 1. The molecule has 20 heavy (non-hydrogen) atoms. The molecule has 1 atom stereocenters. The van der Waals surface area contributed by atoms with Gasteiger partial charge in [0.05, 0.1) is 12.7 Å². The summed E-state index contributed by atoms with van der Waals surface area (Å²) >= 11 is 0. The van der Waals surface area contributed by atoms with Gasteiger partial charge < -0.3 is 14.0 Å². The third-order valence-electron chi connectivity index (χ3n) is 2.62. The summed E-state index contributed by atoms with van der Waals surface area (Å²) in [6, 6.07) is 0.609. The Hall–Kier alpha value is -1.61. The van der Waals surface area contributed by atoms with E-state index in [4.69, 9.17) is 9.47 Å². The van der Waals surface area contributed by atoms with Crippen LogP contribution in [0.25, 0.3) is 0 Å². The lowest BCUT2D eigenvalue weighted by molar-refractivity contribution is -0.142. The number of amides is 1. The van der Waals surface area contributed by atoms with Crippen molar-refractivity contribution in [1.82, 2.24) is 5.16 Å². The Morgan fingerprint density at radius 1 is 1.55 bits per heavy atom. The average molecular weight is 294 g/mol. The van der Waals surface area contributed by atoms with Crippen molar-refractivity contribution in [3.8, 4) is 0 Å². The predicted molar refractivity (Wildman–Crippen MR) is 59.9 cm³/mol. The summed E-state index contributed by atoms with van der Waals surface area (Å²) in [6.07, 6.45) is -2.80. The lowest BCUT2D eigenvalue weighted by Gasteiger charge is -2.09. The summed E-state index contributed by atoms with van der Waals surface area (Å²) in [5, 5.41) is 4.93. The highest BCUT2D eigenvalue weighted by Crippen LogP contribution is 2.29. The smallest absolute Gasteiger partial charge is 0.376 e. The fourth-order valence-electron chi connectivity index (χ4n) is 1.70. The predicted octanol–water partition coefficient (Wildman–Crippen LogP) is 1.83. The van der Waals surface area contributed by atoms with Crippen LogP contribution in [0, 0.1) is 0 Å². The Morgan fingerprint density at radius 2 is 2.35 bits per heavy atom. The van der Waals surface area contributed by atoms with Crippen molar-refractivity contribution in [3.05, 3.63) is 11.8 Å². The van der Waals surface area contributed by atoms with Gasteiger partial charge >= 0.3 is 6.18 Å². The van der Waals surface area contributed by atoms with Crippen molar-refractivity contribution in [2.75, 3.05) is 25.1 Å². The van der Waals surface area contributed by atoms with E-state index in [2.05, 4.69) is 15.0 Å². The van der Waals surface area contributed by atoms with E-state index in [1.165, 1.54) is 0 Å². The summed E-state index contributed by atoms with van der Waals surface area (Å²) in [5.74, 6) is -0.990. The first-order valence-corrected chi connectivity index (χ1v) is 5.98. The molecule has 6 nitrogen and oxygen atoms in total. The van der Waals surface area contributed by atoms with Gasteiger partial charge in [0.2, 0.25) is 5.88 Å². The first-order valence-electron chi connectivity index (χ1n) is 5.98. The van der Waals surface area contributed by atoms with Gasteiger partial charge in [0.1, 0.15) is 6.61 Å². The number of nitrogens with one attached hydrogen (secondary N) is 1. The normalized spacial score (nSPS) is 19.2. The number of hydrogen-bond acceptors (Lipinski definition) is 5. The first kappa shape index (κ1) is 14.8. The van der Waals surface area contributed by atoms with Crippen molar-refractivity contribution in [3.63, 3.8) is 0 Å². The molecule has 1 amide bonds. The van der Waals surface area contributed by atoms with Crippen LogP contribution in [0.1, 0.15) is 18.5 Å². The van der Waals surface area contributed by atoms with Gasteiger partial charge in [-0.1, -0.05) is 5.16 Å². The molecule has 1 unspecified atom stereocenters. The number of ether oxygens (including phenoxy) is 2. The lowest BCUT2D eigenvalue weighted by Crippen LogP contribution is -2.22. The Kier molecular flexibility index (Phi) is 4.61. The van der Waals surface area contributed by atoms with Crippen LogP contribution in [0.5, 0.6) is 0 Å². The number of rotatable bonds is 5. The van der Waals surface area contributed by atoms with E-state index in [0.717, 1.165) is 12.8 Å². The summed E-state index contributed by atoms with van der Waals surface area (Å²) in [6.45, 7) is 0.665. The second-order valence-electron chi connectivity index (χ2n) is 4.27. The molecule has 1 aliphatic rings. The number of hydrogen-bond donors (Lipinski definition) is 1. The third kappa shape index (κ3) is 4.20. The molecule has 1 aromatic rings. The van der Waals surface area contributed by atoms with Gasteiger partial charge in [-0.05, 0) is 12.8 Å². The second kappa shape index (κ2) is 6.23. The number of alkyl halides is 3. The molecule has 0 aliphatic carbocycles. The molecule has 1 aliphatic heterocycles. The van der Waals surface area contributed by atoms with Gasteiger partial charge in [0.25, 0.3) is 5.91 Å². The molecule has 1 aromatic heterocycles. The largest absolute Gasteiger partial charge is 0.436 e. The molecule has 1 N–H and O–H groups in total. The summed E-state index contributed by atoms with van der Waals surface area (Å²) in [4.78, 5) is 11.4. The molecule has 2 heterocycles. The zero-order chi connectivity index (χ0) is 14.6. The van der Waals surface area contributed by atoms with Crippen LogP contribution >= 0.6 is 0 Å². The standard InChI is InChI=1S/C11H13F3N2O4/c12-11(13,14)8-4-10(20-16-8)15-9(17)6-18-5-7-2-1-3-19-7/h4,7H,1-3,5-6H2,(H,15,17). The monoisotopic (exact) mass is 294 g/mol. The van der Waals surface area contributed by atoms with E-state index in [0.29, 0.717) is 12.7 Å². The summed E-state index contributed by atoms with van der Waals surface area (Å²) < 4.78 is 51.5. The van der Waals surface area contributed by atoms with Gasteiger partial charge in [-0.2, -0.15) is 13.2 Å². The maximum Gasteiger partial charge on any atom is 0.436 e. The zero-order valence-electron chi connectivity index (χ0n) is 10.4. The molecular formula is C11H13F3N2O4. The quantitative estimate of drug-likeness (QED) is 0.896. The number of carbonyl (C=O) groups excluding carboxylic acids is 1. The van der Waals surface area contributed by atoms with Crippen molar-refractivity contribution in [1.29, 1.82) is 0 Å². The highest BCUT2D eigenvalue weighted by atomic mass is 19.4. The molecule has 112 valence electrons. The van der Waals surface area contributed by atoms with E-state index >= 15 is 0 Å². The Labute approximate surface area is 112 Å². The molecule has 2 rings (SSSR count). The highest BCUT2D eigenvalue weighted by molar-refractivity contribution is 5.90. The Morgan fingerprint density at radius 3 is 2.95 bits per heavy atom. The number of aromatic nitrogens is 1. The lowest BCUT2D eigenvalue weighted by atomic mass is 10.2. The van der Waals surface area contributed by atoms with Crippen LogP contribution in [0.15, 0.2) is 10.6 Å². The van der Waals surface area contributed by atoms with Crippen LogP contribution in [-0.4, -0.2) is 37.0 Å². The fraction of sp³-hybridized carbons (Fsp3) is 0.636. The molecule has 0 bridgehead atoms. The summed E-state index contributed by atoms with van der Waals surface area (Å²) in [5.41, 5.74) is -1.20. The molecular weight excluding hydrogens is 281 g/mol. The molecule has 1 saturated heterocycles. The van der Waals surface area contributed by atoms with Crippen molar-refractivity contribution >= 4 is 11.8 Å². The molecule has 0 aromatic carbocycles. The number of nitrogens with zero attached hydrogens (tertiary/aromatic N) is 1. The molecule has 0 spiro atoms. The van der Waals surface area contributed by atoms with Gasteiger partial charge in [0, 0.05) is 12.7 Å². The van der Waals surface area contributed by atoms with E-state index in [1.807, 2.05) is 0 Å².